The highest BCUT2D eigenvalue weighted by Crippen LogP contribution is 2.60. The molecule has 0 bridgehead atoms. The van der Waals surface area contributed by atoms with Crippen LogP contribution in [0.15, 0.2) is 36.5 Å². The van der Waals surface area contributed by atoms with E-state index < -0.39 is 48.4 Å². The van der Waals surface area contributed by atoms with E-state index in [1.165, 1.54) is 0 Å². The molecule has 0 amide bonds. The van der Waals surface area contributed by atoms with Gasteiger partial charge in [-0.25, -0.2) is 9.59 Å². The lowest BCUT2D eigenvalue weighted by Crippen LogP contribution is -2.43. The van der Waals surface area contributed by atoms with Crippen LogP contribution < -0.4 is 0 Å². The van der Waals surface area contributed by atoms with Crippen molar-refractivity contribution >= 4 is 11.9 Å². The molecule has 140 valence electrons. The fourth-order valence-electron chi connectivity index (χ4n) is 4.82. The average Bonchev–Trinajstić information content (AvgIpc) is 3.29. The summed E-state index contributed by atoms with van der Waals surface area (Å²) in [7, 11) is 0. The van der Waals surface area contributed by atoms with Crippen molar-refractivity contribution in [3.63, 3.8) is 0 Å². The number of hydrogen-bond acceptors (Lipinski definition) is 7. The first-order valence-corrected chi connectivity index (χ1v) is 8.69. The van der Waals surface area contributed by atoms with Crippen molar-refractivity contribution in [3.8, 4) is 0 Å². The average molecular weight is 362 g/mol. The molecule has 0 aromatic carbocycles. The van der Waals surface area contributed by atoms with Crippen molar-refractivity contribution in [2.75, 3.05) is 13.2 Å². The maximum atomic E-state index is 12.2. The van der Waals surface area contributed by atoms with Crippen LogP contribution in [0.1, 0.15) is 12.8 Å². The van der Waals surface area contributed by atoms with Gasteiger partial charge in [-0.2, -0.15) is 0 Å². The van der Waals surface area contributed by atoms with Gasteiger partial charge in [-0.3, -0.25) is 0 Å². The molecule has 7 atom stereocenters. The summed E-state index contributed by atoms with van der Waals surface area (Å²) in [5.74, 6) is -2.13. The Morgan fingerprint density at radius 2 is 2.08 bits per heavy atom. The molecule has 2 N–H and O–H groups in total. The van der Waals surface area contributed by atoms with E-state index in [4.69, 9.17) is 19.3 Å². The molecule has 7 unspecified atom stereocenters. The molecule has 7 heteroatoms. The number of ether oxygens (including phenoxy) is 3. The number of carbonyl (C=O) groups is 2. The van der Waals surface area contributed by atoms with Gasteiger partial charge in [-0.15, -0.1) is 0 Å². The van der Waals surface area contributed by atoms with Crippen LogP contribution in [0.2, 0.25) is 0 Å². The lowest BCUT2D eigenvalue weighted by atomic mass is 9.78. The van der Waals surface area contributed by atoms with Crippen LogP contribution in [0, 0.1) is 17.8 Å². The van der Waals surface area contributed by atoms with E-state index in [1.54, 1.807) is 0 Å². The smallest absolute Gasteiger partial charge is 0.336 e. The Hall–Kier alpha value is -1.96. The summed E-state index contributed by atoms with van der Waals surface area (Å²) >= 11 is 0. The van der Waals surface area contributed by atoms with Gasteiger partial charge >= 0.3 is 11.9 Å². The molecular weight excluding hydrogens is 340 g/mol. The van der Waals surface area contributed by atoms with E-state index in [0.717, 1.165) is 5.57 Å². The fourth-order valence-corrected chi connectivity index (χ4v) is 4.82. The Morgan fingerprint density at radius 1 is 1.38 bits per heavy atom. The zero-order valence-electron chi connectivity index (χ0n) is 14.3. The third kappa shape index (κ3) is 2.31. The van der Waals surface area contributed by atoms with Crippen LogP contribution in [0.3, 0.4) is 0 Å². The van der Waals surface area contributed by atoms with Crippen molar-refractivity contribution in [2.45, 2.75) is 36.8 Å². The van der Waals surface area contributed by atoms with Crippen LogP contribution in [0.25, 0.3) is 0 Å². The molecule has 4 aliphatic rings. The van der Waals surface area contributed by atoms with Gasteiger partial charge in [0.25, 0.3) is 0 Å². The maximum absolute atomic E-state index is 12.2. The van der Waals surface area contributed by atoms with Gasteiger partial charge < -0.3 is 24.4 Å². The number of hydrogen-bond donors (Lipinski definition) is 2. The van der Waals surface area contributed by atoms with Crippen LogP contribution in [-0.4, -0.2) is 59.3 Å². The monoisotopic (exact) mass is 362 g/mol. The lowest BCUT2D eigenvalue weighted by molar-refractivity contribution is -0.149. The first kappa shape index (κ1) is 17.5. The minimum atomic E-state index is -0.727. The summed E-state index contributed by atoms with van der Waals surface area (Å²) in [4.78, 5) is 24.4. The minimum Gasteiger partial charge on any atom is -0.458 e. The first-order chi connectivity index (χ1) is 12.3. The molecule has 0 aromatic heterocycles. The second-order valence-corrected chi connectivity index (χ2v) is 7.62. The highest BCUT2D eigenvalue weighted by molar-refractivity contribution is 5.92. The van der Waals surface area contributed by atoms with Crippen LogP contribution in [0.4, 0.5) is 0 Å². The minimum absolute atomic E-state index is 0.0649. The van der Waals surface area contributed by atoms with E-state index in [9.17, 15) is 14.7 Å². The van der Waals surface area contributed by atoms with Crippen molar-refractivity contribution in [3.05, 3.63) is 36.5 Å². The van der Waals surface area contributed by atoms with E-state index >= 15 is 0 Å². The molecule has 2 saturated carbocycles. The first-order valence-electron chi connectivity index (χ1n) is 8.69. The molecule has 4 rings (SSSR count). The lowest BCUT2D eigenvalue weighted by Gasteiger charge is -2.30. The zero-order valence-corrected chi connectivity index (χ0v) is 14.3. The summed E-state index contributed by atoms with van der Waals surface area (Å²) < 4.78 is 16.8. The molecule has 4 fully saturated rings. The molecule has 7 nitrogen and oxygen atoms in total. The van der Waals surface area contributed by atoms with Crippen molar-refractivity contribution in [2.24, 2.45) is 17.8 Å². The van der Waals surface area contributed by atoms with E-state index in [-0.39, 0.29) is 23.0 Å². The molecular formula is C19H22O7. The van der Waals surface area contributed by atoms with Crippen molar-refractivity contribution < 1.29 is 34.0 Å². The number of carbonyl (C=O) groups excluding carboxylic acids is 2. The highest BCUT2D eigenvalue weighted by atomic mass is 16.6. The van der Waals surface area contributed by atoms with Gasteiger partial charge in [0.1, 0.15) is 17.8 Å². The van der Waals surface area contributed by atoms with Gasteiger partial charge in [0.15, 0.2) is 0 Å². The number of epoxide rings is 1. The molecule has 2 aliphatic heterocycles. The number of aliphatic hydroxyl groups excluding tert-OH is 2. The number of rotatable bonds is 3. The zero-order chi connectivity index (χ0) is 18.8. The molecule has 2 saturated heterocycles. The quantitative estimate of drug-likeness (QED) is 0.321. The van der Waals surface area contributed by atoms with Crippen LogP contribution in [-0.2, 0) is 23.8 Å². The Morgan fingerprint density at radius 3 is 2.69 bits per heavy atom. The topological polar surface area (TPSA) is 106 Å². The third-order valence-corrected chi connectivity index (χ3v) is 6.26. The maximum Gasteiger partial charge on any atom is 0.336 e. The summed E-state index contributed by atoms with van der Waals surface area (Å²) in [6, 6.07) is 0. The van der Waals surface area contributed by atoms with Crippen LogP contribution in [0.5, 0.6) is 0 Å². The standard InChI is InChI=1S/C19H22O7/c1-8-4-12(25-17(22)9(2)6-20)14-10(3)18(23)26-16(14)15-11(8)5-13(21)19(15)7-24-19/h11-16,20-21H,1-7H2. The summed E-state index contributed by atoms with van der Waals surface area (Å²) in [6.45, 7) is 11.4. The highest BCUT2D eigenvalue weighted by Gasteiger charge is 2.70. The van der Waals surface area contributed by atoms with Gasteiger partial charge in [0.05, 0.1) is 30.8 Å². The van der Waals surface area contributed by atoms with Gasteiger partial charge in [0.2, 0.25) is 0 Å². The summed E-state index contributed by atoms with van der Waals surface area (Å²) in [6.07, 6.45) is -1.14. The van der Waals surface area contributed by atoms with Crippen molar-refractivity contribution in [1.29, 1.82) is 0 Å². The Kier molecular flexibility index (Phi) is 3.87. The SMILES string of the molecule is C=C(CO)C(=O)OC1CC(=C)C2CC(O)C3(CO3)C2C2OC(=O)C(=C)C12. The van der Waals surface area contributed by atoms with E-state index in [2.05, 4.69) is 19.7 Å². The van der Waals surface area contributed by atoms with Crippen molar-refractivity contribution in [1.82, 2.24) is 0 Å². The second-order valence-electron chi connectivity index (χ2n) is 7.62. The van der Waals surface area contributed by atoms with E-state index in [1.807, 2.05) is 0 Å². The molecule has 2 aliphatic carbocycles. The third-order valence-electron chi connectivity index (χ3n) is 6.26. The van der Waals surface area contributed by atoms with Gasteiger partial charge in [0, 0.05) is 17.9 Å². The van der Waals surface area contributed by atoms with Gasteiger partial charge in [-0.1, -0.05) is 25.3 Å². The molecule has 0 aromatic rings. The molecule has 26 heavy (non-hydrogen) atoms. The Balaban J connectivity index is 1.70. The van der Waals surface area contributed by atoms with Crippen LogP contribution >= 0.6 is 0 Å². The number of esters is 2. The largest absolute Gasteiger partial charge is 0.458 e. The van der Waals surface area contributed by atoms with Gasteiger partial charge in [-0.05, 0) is 12.3 Å². The predicted molar refractivity (Wildman–Crippen MR) is 88.7 cm³/mol. The fraction of sp³-hybridized carbons (Fsp3) is 0.579. The number of fused-ring (bicyclic) bond motifs is 4. The summed E-state index contributed by atoms with van der Waals surface area (Å²) in [5.41, 5.74) is 0.277. The molecule has 2 heterocycles. The predicted octanol–water partition coefficient (Wildman–Crippen LogP) is 0.270. The summed E-state index contributed by atoms with van der Waals surface area (Å²) in [5, 5.41) is 19.6. The molecule has 1 spiro atoms. The Bertz CT molecular complexity index is 719. The normalized spacial score (nSPS) is 43.5. The molecule has 0 radical (unpaired) electrons. The number of aliphatic hydroxyl groups is 2. The second kappa shape index (κ2) is 5.77. The van der Waals surface area contributed by atoms with E-state index in [0.29, 0.717) is 19.4 Å². The Labute approximate surface area is 150 Å².